The lowest BCUT2D eigenvalue weighted by atomic mass is 9.91. The van der Waals surface area contributed by atoms with E-state index in [4.69, 9.17) is 9.47 Å². The summed E-state index contributed by atoms with van der Waals surface area (Å²) in [5, 5.41) is 4.35. The maximum absolute atomic E-state index is 12.5. The number of aromatic amines is 1. The molecule has 1 unspecified atom stereocenters. The fourth-order valence-electron chi connectivity index (χ4n) is 3.66. The Hall–Kier alpha value is -2.95. The van der Waals surface area contributed by atoms with Gasteiger partial charge in [0.25, 0.3) is 5.91 Å². The molecular formula is C21H22N2O3. The summed E-state index contributed by atoms with van der Waals surface area (Å²) >= 11 is 0. The first-order valence-corrected chi connectivity index (χ1v) is 8.80. The predicted octanol–water partition coefficient (Wildman–Crippen LogP) is 3.47. The Kier molecular flexibility index (Phi) is 4.29. The first-order valence-electron chi connectivity index (χ1n) is 8.80. The normalized spacial score (nSPS) is 16.2. The number of nitrogens with one attached hydrogen (secondary N) is 2. The number of amides is 1. The van der Waals surface area contributed by atoms with Crippen LogP contribution in [0.5, 0.6) is 11.5 Å². The molecule has 2 N–H and O–H groups in total. The van der Waals surface area contributed by atoms with Crippen LogP contribution in [0.25, 0.3) is 10.9 Å². The quantitative estimate of drug-likeness (QED) is 0.757. The largest absolute Gasteiger partial charge is 0.497 e. The minimum absolute atomic E-state index is 0.0430. The molecule has 0 saturated carbocycles. The summed E-state index contributed by atoms with van der Waals surface area (Å²) < 4.78 is 10.5. The Morgan fingerprint density at radius 3 is 2.54 bits per heavy atom. The molecule has 0 aliphatic heterocycles. The fraction of sp³-hybridized carbons (Fsp3) is 0.286. The summed E-state index contributed by atoms with van der Waals surface area (Å²) in [4.78, 5) is 16.1. The Balaban J connectivity index is 1.53. The first kappa shape index (κ1) is 16.5. The van der Waals surface area contributed by atoms with Crippen LogP contribution in [-0.2, 0) is 12.8 Å². The molecule has 1 aromatic heterocycles. The second kappa shape index (κ2) is 6.75. The number of carbonyl (C=O) groups excluding carboxylic acids is 1. The second-order valence-electron chi connectivity index (χ2n) is 6.64. The van der Waals surface area contributed by atoms with Gasteiger partial charge in [-0.15, -0.1) is 0 Å². The van der Waals surface area contributed by atoms with Crippen LogP contribution in [0.1, 0.15) is 28.0 Å². The van der Waals surface area contributed by atoms with Gasteiger partial charge < -0.3 is 19.8 Å². The number of aromatic nitrogens is 1. The Morgan fingerprint density at radius 2 is 1.81 bits per heavy atom. The van der Waals surface area contributed by atoms with Crippen molar-refractivity contribution in [3.05, 3.63) is 59.3 Å². The molecule has 0 radical (unpaired) electrons. The van der Waals surface area contributed by atoms with Gasteiger partial charge in [-0.1, -0.05) is 0 Å². The Bertz CT molecular complexity index is 944. The number of rotatable bonds is 4. The Labute approximate surface area is 152 Å². The van der Waals surface area contributed by atoms with Crippen molar-refractivity contribution in [2.24, 2.45) is 0 Å². The lowest BCUT2D eigenvalue weighted by Gasteiger charge is -2.23. The van der Waals surface area contributed by atoms with E-state index in [1.165, 1.54) is 16.6 Å². The summed E-state index contributed by atoms with van der Waals surface area (Å²) in [6.45, 7) is 0. The van der Waals surface area contributed by atoms with Crippen molar-refractivity contribution in [3.8, 4) is 11.5 Å². The number of H-pyrrole nitrogens is 1. The molecule has 1 atom stereocenters. The standard InChI is InChI=1S/C21H22N2O3/c1-25-15-6-3-13(4-7-15)21(24)22-14-5-9-19-17(11-14)18-12-16(26-2)8-10-20(18)23-19/h3-4,6-8,10,12,14,23H,5,9,11H2,1-2H3,(H,22,24). The van der Waals surface area contributed by atoms with Crippen molar-refractivity contribution in [1.82, 2.24) is 10.3 Å². The molecule has 134 valence electrons. The van der Waals surface area contributed by atoms with E-state index in [2.05, 4.69) is 22.4 Å². The number of fused-ring (bicyclic) bond motifs is 3. The zero-order valence-corrected chi connectivity index (χ0v) is 15.0. The molecule has 26 heavy (non-hydrogen) atoms. The van der Waals surface area contributed by atoms with E-state index in [1.807, 2.05) is 6.07 Å². The first-order chi connectivity index (χ1) is 12.7. The molecule has 2 aromatic carbocycles. The molecule has 1 amide bonds. The van der Waals surface area contributed by atoms with Gasteiger partial charge in [0.15, 0.2) is 0 Å². The third-order valence-electron chi connectivity index (χ3n) is 5.08. The molecule has 0 saturated heterocycles. The average Bonchev–Trinajstić information content (AvgIpc) is 3.05. The number of aryl methyl sites for hydroxylation is 1. The number of hydrogen-bond acceptors (Lipinski definition) is 3. The van der Waals surface area contributed by atoms with Crippen LogP contribution >= 0.6 is 0 Å². The van der Waals surface area contributed by atoms with Crippen molar-refractivity contribution < 1.29 is 14.3 Å². The van der Waals surface area contributed by atoms with Crippen molar-refractivity contribution in [3.63, 3.8) is 0 Å². The van der Waals surface area contributed by atoms with E-state index in [-0.39, 0.29) is 11.9 Å². The second-order valence-corrected chi connectivity index (χ2v) is 6.64. The van der Waals surface area contributed by atoms with E-state index >= 15 is 0 Å². The molecule has 1 heterocycles. The van der Waals surface area contributed by atoms with E-state index in [0.717, 1.165) is 36.3 Å². The van der Waals surface area contributed by atoms with Crippen molar-refractivity contribution in [2.75, 3.05) is 14.2 Å². The van der Waals surface area contributed by atoms with E-state index in [1.54, 1.807) is 38.5 Å². The van der Waals surface area contributed by atoms with E-state index < -0.39 is 0 Å². The highest BCUT2D eigenvalue weighted by atomic mass is 16.5. The summed E-state index contributed by atoms with van der Waals surface area (Å²) in [6, 6.07) is 13.4. The molecule has 5 nitrogen and oxygen atoms in total. The summed E-state index contributed by atoms with van der Waals surface area (Å²) in [5.74, 6) is 1.55. The van der Waals surface area contributed by atoms with Crippen LogP contribution in [0.3, 0.4) is 0 Å². The summed E-state index contributed by atoms with van der Waals surface area (Å²) in [5.41, 5.74) is 4.32. The molecule has 5 heteroatoms. The summed E-state index contributed by atoms with van der Waals surface area (Å²) in [6.07, 6.45) is 2.68. The highest BCUT2D eigenvalue weighted by molar-refractivity contribution is 5.94. The van der Waals surface area contributed by atoms with Crippen LogP contribution in [-0.4, -0.2) is 31.2 Å². The van der Waals surface area contributed by atoms with Crippen molar-refractivity contribution >= 4 is 16.8 Å². The number of carbonyl (C=O) groups is 1. The monoisotopic (exact) mass is 350 g/mol. The van der Waals surface area contributed by atoms with Crippen molar-refractivity contribution in [2.45, 2.75) is 25.3 Å². The highest BCUT2D eigenvalue weighted by Crippen LogP contribution is 2.31. The van der Waals surface area contributed by atoms with Crippen LogP contribution in [0.15, 0.2) is 42.5 Å². The maximum atomic E-state index is 12.5. The zero-order chi connectivity index (χ0) is 18.1. The van der Waals surface area contributed by atoms with Crippen molar-refractivity contribution in [1.29, 1.82) is 0 Å². The molecule has 0 spiro atoms. The van der Waals surface area contributed by atoms with E-state index in [9.17, 15) is 4.79 Å². The molecule has 1 aliphatic carbocycles. The van der Waals surface area contributed by atoms with Crippen LogP contribution in [0.4, 0.5) is 0 Å². The van der Waals surface area contributed by atoms with Crippen LogP contribution < -0.4 is 14.8 Å². The third-order valence-corrected chi connectivity index (χ3v) is 5.08. The predicted molar refractivity (Wildman–Crippen MR) is 101 cm³/mol. The fourth-order valence-corrected chi connectivity index (χ4v) is 3.66. The number of ether oxygens (including phenoxy) is 2. The highest BCUT2D eigenvalue weighted by Gasteiger charge is 2.24. The molecule has 4 rings (SSSR count). The Morgan fingerprint density at radius 1 is 1.08 bits per heavy atom. The minimum atomic E-state index is -0.0430. The van der Waals surface area contributed by atoms with Gasteiger partial charge in [-0.25, -0.2) is 0 Å². The van der Waals surface area contributed by atoms with Crippen LogP contribution in [0, 0.1) is 0 Å². The zero-order valence-electron chi connectivity index (χ0n) is 15.0. The van der Waals surface area contributed by atoms with Gasteiger partial charge in [0, 0.05) is 28.2 Å². The lowest BCUT2D eigenvalue weighted by molar-refractivity contribution is 0.0933. The number of methoxy groups -OCH3 is 2. The molecular weight excluding hydrogens is 328 g/mol. The third kappa shape index (κ3) is 3.01. The van der Waals surface area contributed by atoms with Gasteiger partial charge in [-0.2, -0.15) is 0 Å². The molecule has 0 bridgehead atoms. The van der Waals surface area contributed by atoms with Crippen LogP contribution in [0.2, 0.25) is 0 Å². The average molecular weight is 350 g/mol. The SMILES string of the molecule is COc1ccc(C(=O)NC2CCc3[nH]c4ccc(OC)cc4c3C2)cc1. The minimum Gasteiger partial charge on any atom is -0.497 e. The smallest absolute Gasteiger partial charge is 0.251 e. The van der Waals surface area contributed by atoms with E-state index in [0.29, 0.717) is 5.56 Å². The maximum Gasteiger partial charge on any atom is 0.251 e. The number of hydrogen-bond donors (Lipinski definition) is 2. The van der Waals surface area contributed by atoms with Gasteiger partial charge in [0.05, 0.1) is 14.2 Å². The molecule has 0 fully saturated rings. The van der Waals surface area contributed by atoms with Gasteiger partial charge in [0.2, 0.25) is 0 Å². The topological polar surface area (TPSA) is 63.3 Å². The van der Waals surface area contributed by atoms with Gasteiger partial charge in [-0.3, -0.25) is 4.79 Å². The lowest BCUT2D eigenvalue weighted by Crippen LogP contribution is -2.38. The summed E-state index contributed by atoms with van der Waals surface area (Å²) in [7, 11) is 3.29. The molecule has 1 aliphatic rings. The van der Waals surface area contributed by atoms with Gasteiger partial charge in [-0.05, 0) is 67.3 Å². The van der Waals surface area contributed by atoms with Gasteiger partial charge in [0.1, 0.15) is 11.5 Å². The molecule has 3 aromatic rings. The van der Waals surface area contributed by atoms with Gasteiger partial charge >= 0.3 is 0 Å². The number of benzene rings is 2.